The minimum atomic E-state index is -0.470. The van der Waals surface area contributed by atoms with Gasteiger partial charge in [0.05, 0.1) is 13.2 Å². The topological polar surface area (TPSA) is 52.4 Å². The Bertz CT molecular complexity index is 611. The van der Waals surface area contributed by atoms with Crippen molar-refractivity contribution in [3.8, 4) is 11.5 Å². The average Bonchev–Trinajstić information content (AvgIpc) is 2.67. The van der Waals surface area contributed by atoms with Crippen LogP contribution in [0.3, 0.4) is 0 Å². The third kappa shape index (κ3) is 6.05. The van der Waals surface area contributed by atoms with E-state index >= 15 is 0 Å². The Morgan fingerprint density at radius 1 is 0.920 bits per heavy atom. The molecule has 1 atom stereocenters. The molecule has 0 aliphatic carbocycles. The largest absolute Gasteiger partial charge is 0.491 e. The first-order valence-electron chi connectivity index (χ1n) is 8.78. The first-order chi connectivity index (χ1) is 12.3. The highest BCUT2D eigenvalue weighted by molar-refractivity contribution is 5.31. The quantitative estimate of drug-likeness (QED) is 0.748. The number of aliphatic hydroxyl groups excluding tert-OH is 1. The van der Waals surface area contributed by atoms with Crippen LogP contribution in [0, 0.1) is 0 Å². The van der Waals surface area contributed by atoms with Crippen molar-refractivity contribution in [2.24, 2.45) is 0 Å². The van der Waals surface area contributed by atoms with Gasteiger partial charge in [-0.05, 0) is 29.8 Å². The van der Waals surface area contributed by atoms with Gasteiger partial charge in [-0.25, -0.2) is 0 Å². The number of benzene rings is 2. The zero-order chi connectivity index (χ0) is 17.3. The molecule has 1 heterocycles. The van der Waals surface area contributed by atoms with Crippen LogP contribution in [-0.4, -0.2) is 50.7 Å². The molecule has 1 aliphatic heterocycles. The lowest BCUT2D eigenvalue weighted by Gasteiger charge is -2.25. The smallest absolute Gasteiger partial charge is 0.137 e. The fraction of sp³-hybridized carbons (Fsp3) is 0.400. The molecule has 2 aromatic carbocycles. The number of nitrogens with one attached hydrogen (secondary N) is 1. The van der Waals surface area contributed by atoms with Gasteiger partial charge in [0, 0.05) is 0 Å². The highest BCUT2D eigenvalue weighted by atomic mass is 16.5. The van der Waals surface area contributed by atoms with E-state index in [9.17, 15) is 5.11 Å². The van der Waals surface area contributed by atoms with Crippen LogP contribution < -0.4 is 14.4 Å². The molecule has 0 aromatic heterocycles. The van der Waals surface area contributed by atoms with Crippen LogP contribution in [-0.2, 0) is 11.3 Å². The van der Waals surface area contributed by atoms with Crippen molar-refractivity contribution < 1.29 is 24.2 Å². The molecule has 2 aromatic rings. The van der Waals surface area contributed by atoms with E-state index in [2.05, 4.69) is 0 Å². The van der Waals surface area contributed by atoms with Gasteiger partial charge in [-0.1, -0.05) is 30.3 Å². The Labute approximate surface area is 148 Å². The van der Waals surface area contributed by atoms with Crippen LogP contribution in [0.5, 0.6) is 11.5 Å². The predicted molar refractivity (Wildman–Crippen MR) is 95.1 cm³/mol. The average molecular weight is 344 g/mol. The van der Waals surface area contributed by atoms with Gasteiger partial charge in [0.15, 0.2) is 0 Å². The zero-order valence-electron chi connectivity index (χ0n) is 14.4. The number of rotatable bonds is 8. The van der Waals surface area contributed by atoms with E-state index in [1.54, 1.807) is 0 Å². The van der Waals surface area contributed by atoms with Crippen molar-refractivity contribution in [2.75, 3.05) is 39.5 Å². The minimum absolute atomic E-state index is 0.300. The van der Waals surface area contributed by atoms with Gasteiger partial charge < -0.3 is 24.2 Å². The summed E-state index contributed by atoms with van der Waals surface area (Å²) in [6.45, 7) is 4.98. The van der Waals surface area contributed by atoms with Gasteiger partial charge in [-0.15, -0.1) is 0 Å². The molecular formula is C20H26NO4+. The van der Waals surface area contributed by atoms with Crippen LogP contribution >= 0.6 is 0 Å². The lowest BCUT2D eigenvalue weighted by Crippen LogP contribution is -3.15. The van der Waals surface area contributed by atoms with Crippen LogP contribution in [0.2, 0.25) is 0 Å². The van der Waals surface area contributed by atoms with Crippen LogP contribution in [0.25, 0.3) is 0 Å². The van der Waals surface area contributed by atoms with Gasteiger partial charge in [-0.3, -0.25) is 0 Å². The van der Waals surface area contributed by atoms with Gasteiger partial charge in [0.25, 0.3) is 0 Å². The summed E-state index contributed by atoms with van der Waals surface area (Å²) in [7, 11) is 0. The number of hydrogen-bond donors (Lipinski definition) is 2. The van der Waals surface area contributed by atoms with Gasteiger partial charge in [-0.2, -0.15) is 0 Å². The highest BCUT2D eigenvalue weighted by Crippen LogP contribution is 2.18. The Morgan fingerprint density at radius 3 is 2.24 bits per heavy atom. The van der Waals surface area contributed by atoms with Gasteiger partial charge in [0.1, 0.15) is 50.5 Å². The summed E-state index contributed by atoms with van der Waals surface area (Å²) in [5, 5.41) is 10.1. The number of hydrogen-bond acceptors (Lipinski definition) is 4. The van der Waals surface area contributed by atoms with E-state index in [4.69, 9.17) is 14.2 Å². The van der Waals surface area contributed by atoms with E-state index in [-0.39, 0.29) is 0 Å². The maximum atomic E-state index is 10.1. The van der Waals surface area contributed by atoms with E-state index in [1.807, 2.05) is 54.6 Å². The molecule has 134 valence electrons. The maximum absolute atomic E-state index is 10.1. The summed E-state index contributed by atoms with van der Waals surface area (Å²) in [5.41, 5.74) is 1.14. The number of aliphatic hydroxyl groups is 1. The summed E-state index contributed by atoms with van der Waals surface area (Å²) in [6, 6.07) is 17.6. The lowest BCUT2D eigenvalue weighted by molar-refractivity contribution is -0.911. The molecule has 0 bridgehead atoms. The maximum Gasteiger partial charge on any atom is 0.137 e. The van der Waals surface area contributed by atoms with Crippen molar-refractivity contribution in [3.05, 3.63) is 60.2 Å². The first kappa shape index (κ1) is 17.7. The molecule has 5 heteroatoms. The third-order valence-electron chi connectivity index (χ3n) is 4.24. The van der Waals surface area contributed by atoms with Gasteiger partial charge in [0.2, 0.25) is 0 Å². The normalized spacial score (nSPS) is 16.4. The summed E-state index contributed by atoms with van der Waals surface area (Å²) >= 11 is 0. The molecule has 1 aliphatic rings. The van der Waals surface area contributed by atoms with Gasteiger partial charge >= 0.3 is 0 Å². The zero-order valence-corrected chi connectivity index (χ0v) is 14.4. The Morgan fingerprint density at radius 2 is 1.56 bits per heavy atom. The first-order valence-corrected chi connectivity index (χ1v) is 8.78. The van der Waals surface area contributed by atoms with Crippen LogP contribution in [0.15, 0.2) is 54.6 Å². The lowest BCUT2D eigenvalue weighted by atomic mass is 10.2. The molecule has 0 unspecified atom stereocenters. The van der Waals surface area contributed by atoms with Crippen molar-refractivity contribution in [1.29, 1.82) is 0 Å². The van der Waals surface area contributed by atoms with E-state index in [1.165, 1.54) is 4.90 Å². The fourth-order valence-corrected chi connectivity index (χ4v) is 2.82. The minimum Gasteiger partial charge on any atom is -0.491 e. The summed E-state index contributed by atoms with van der Waals surface area (Å²) in [5.74, 6) is 1.54. The number of ether oxygens (including phenoxy) is 3. The number of quaternary nitrogens is 1. The Kier molecular flexibility index (Phi) is 6.68. The summed E-state index contributed by atoms with van der Waals surface area (Å²) in [4.78, 5) is 1.37. The molecule has 1 fully saturated rings. The van der Waals surface area contributed by atoms with E-state index in [0.717, 1.165) is 43.4 Å². The molecule has 0 spiro atoms. The SMILES string of the molecule is O[C@H](COc1ccc(OCc2ccccc2)cc1)C[NH+]1CCOCC1. The molecular weight excluding hydrogens is 318 g/mol. The van der Waals surface area contributed by atoms with E-state index in [0.29, 0.717) is 19.8 Å². The molecule has 0 saturated carbocycles. The second kappa shape index (κ2) is 9.42. The van der Waals surface area contributed by atoms with Crippen LogP contribution in [0.1, 0.15) is 5.56 Å². The molecule has 1 saturated heterocycles. The van der Waals surface area contributed by atoms with Crippen molar-refractivity contribution >= 4 is 0 Å². The summed E-state index contributed by atoms with van der Waals surface area (Å²) < 4.78 is 16.8. The van der Waals surface area contributed by atoms with Crippen molar-refractivity contribution in [3.63, 3.8) is 0 Å². The molecule has 0 radical (unpaired) electrons. The number of morpholine rings is 1. The molecule has 5 nitrogen and oxygen atoms in total. The van der Waals surface area contributed by atoms with Crippen molar-refractivity contribution in [1.82, 2.24) is 0 Å². The van der Waals surface area contributed by atoms with Crippen molar-refractivity contribution in [2.45, 2.75) is 12.7 Å². The second-order valence-electron chi connectivity index (χ2n) is 6.28. The standard InChI is InChI=1S/C20H25NO4/c22-18(14-21-10-12-23-13-11-21)16-25-20-8-6-19(7-9-20)24-15-17-4-2-1-3-5-17/h1-9,18,22H,10-16H2/p+1/t18-/m0/s1. The monoisotopic (exact) mass is 344 g/mol. The molecule has 25 heavy (non-hydrogen) atoms. The Hall–Kier alpha value is -2.08. The summed E-state index contributed by atoms with van der Waals surface area (Å²) in [6.07, 6.45) is -0.470. The molecule has 2 N–H and O–H groups in total. The third-order valence-corrected chi connectivity index (χ3v) is 4.24. The second-order valence-corrected chi connectivity index (χ2v) is 6.28. The molecule has 3 rings (SSSR count). The van der Waals surface area contributed by atoms with Crippen LogP contribution in [0.4, 0.5) is 0 Å². The Balaban J connectivity index is 1.39. The predicted octanol–water partition coefficient (Wildman–Crippen LogP) is 0.920. The molecule has 0 amide bonds. The fourth-order valence-electron chi connectivity index (χ4n) is 2.82. The van der Waals surface area contributed by atoms with E-state index < -0.39 is 6.10 Å². The highest BCUT2D eigenvalue weighted by Gasteiger charge is 2.18.